The summed E-state index contributed by atoms with van der Waals surface area (Å²) in [5.41, 5.74) is 15.3. The van der Waals surface area contributed by atoms with Crippen LogP contribution in [0.1, 0.15) is 49.9 Å². The van der Waals surface area contributed by atoms with Crippen molar-refractivity contribution in [1.29, 1.82) is 0 Å². The molecule has 0 saturated carbocycles. The van der Waals surface area contributed by atoms with Crippen molar-refractivity contribution in [2.45, 2.75) is 38.5 Å². The monoisotopic (exact) mass is 473 g/mol. The molecule has 176 valence electrons. The summed E-state index contributed by atoms with van der Waals surface area (Å²) in [4.78, 5) is 0. The molecule has 5 aromatic carbocycles. The van der Waals surface area contributed by atoms with E-state index in [0.29, 0.717) is 0 Å². The first-order valence-corrected chi connectivity index (χ1v) is 13.4. The van der Waals surface area contributed by atoms with Gasteiger partial charge in [0.05, 0.1) is 16.6 Å². The molecule has 1 nitrogen and oxygen atoms in total. The topological polar surface area (TPSA) is 4.41 Å². The van der Waals surface area contributed by atoms with E-state index in [4.69, 9.17) is 0 Å². The summed E-state index contributed by atoms with van der Waals surface area (Å²) in [6, 6.07) is 34.4. The van der Waals surface area contributed by atoms with E-state index < -0.39 is 0 Å². The van der Waals surface area contributed by atoms with E-state index >= 15 is 0 Å². The van der Waals surface area contributed by atoms with E-state index in [1.807, 2.05) is 0 Å². The Morgan fingerprint density at radius 1 is 0.514 bits per heavy atom. The molecule has 37 heavy (non-hydrogen) atoms. The first-order valence-electron chi connectivity index (χ1n) is 13.4. The SMILES string of the molecule is CC1(C)c2ccccc2-c2c1cc1c3c4c(ccc3n3c5ccccc5c2c13)-c1ccccc1C4(C)C. The van der Waals surface area contributed by atoms with Crippen LogP contribution in [0, 0.1) is 0 Å². The summed E-state index contributed by atoms with van der Waals surface area (Å²) in [5, 5.41) is 5.61. The van der Waals surface area contributed by atoms with Crippen LogP contribution in [0.15, 0.2) is 91.0 Å². The van der Waals surface area contributed by atoms with Gasteiger partial charge in [0.1, 0.15) is 0 Å². The summed E-state index contributed by atoms with van der Waals surface area (Å²) in [6.45, 7) is 9.63. The van der Waals surface area contributed by atoms with E-state index in [9.17, 15) is 0 Å². The van der Waals surface area contributed by atoms with E-state index in [1.165, 1.54) is 82.6 Å². The van der Waals surface area contributed by atoms with Crippen molar-refractivity contribution in [3.63, 3.8) is 0 Å². The quantitative estimate of drug-likeness (QED) is 0.207. The molecular weight excluding hydrogens is 446 g/mol. The fourth-order valence-electron chi connectivity index (χ4n) is 8.09. The van der Waals surface area contributed by atoms with Crippen LogP contribution >= 0.6 is 0 Å². The van der Waals surface area contributed by atoms with Crippen LogP contribution < -0.4 is 0 Å². The summed E-state index contributed by atoms with van der Waals surface area (Å²) >= 11 is 0. The molecular formula is C36H27N. The van der Waals surface area contributed by atoms with Gasteiger partial charge in [0, 0.05) is 32.4 Å². The number of rotatable bonds is 0. The Bertz CT molecular complexity index is 2130. The Kier molecular flexibility index (Phi) is 3.28. The predicted molar refractivity (Wildman–Crippen MR) is 156 cm³/mol. The number of aromatic nitrogens is 1. The van der Waals surface area contributed by atoms with Gasteiger partial charge in [-0.05, 0) is 62.7 Å². The zero-order chi connectivity index (χ0) is 24.8. The van der Waals surface area contributed by atoms with Crippen LogP contribution in [-0.2, 0) is 10.8 Å². The molecule has 7 aromatic rings. The predicted octanol–water partition coefficient (Wildman–Crippen LogP) is 9.45. The Morgan fingerprint density at radius 2 is 1.19 bits per heavy atom. The Hall–Kier alpha value is -4.10. The third-order valence-corrected chi connectivity index (χ3v) is 9.69. The second-order valence-electron chi connectivity index (χ2n) is 12.1. The highest BCUT2D eigenvalue weighted by Crippen LogP contribution is 2.58. The summed E-state index contributed by atoms with van der Waals surface area (Å²) < 4.78 is 2.56. The van der Waals surface area contributed by atoms with Gasteiger partial charge in [0.15, 0.2) is 0 Å². The van der Waals surface area contributed by atoms with E-state index in [2.05, 4.69) is 123 Å². The van der Waals surface area contributed by atoms with Crippen molar-refractivity contribution >= 4 is 38.1 Å². The number of nitrogens with zero attached hydrogens (tertiary/aromatic N) is 1. The fraction of sp³-hybridized carbons (Fsp3) is 0.167. The third-order valence-electron chi connectivity index (χ3n) is 9.69. The molecule has 0 spiro atoms. The van der Waals surface area contributed by atoms with Crippen LogP contribution in [0.25, 0.3) is 60.3 Å². The van der Waals surface area contributed by atoms with Crippen LogP contribution in [0.4, 0.5) is 0 Å². The molecule has 0 radical (unpaired) electrons. The van der Waals surface area contributed by atoms with Gasteiger partial charge in [-0.2, -0.15) is 0 Å². The Morgan fingerprint density at radius 3 is 2.00 bits per heavy atom. The molecule has 0 bridgehead atoms. The highest BCUT2D eigenvalue weighted by atomic mass is 14.9. The number of hydrogen-bond donors (Lipinski definition) is 0. The Balaban J connectivity index is 1.58. The van der Waals surface area contributed by atoms with Crippen molar-refractivity contribution < 1.29 is 0 Å². The number of hydrogen-bond acceptors (Lipinski definition) is 0. The largest absolute Gasteiger partial charge is 0.308 e. The zero-order valence-corrected chi connectivity index (χ0v) is 21.6. The number of para-hydroxylation sites is 1. The molecule has 0 saturated heterocycles. The molecule has 2 heterocycles. The van der Waals surface area contributed by atoms with Crippen LogP contribution in [-0.4, -0.2) is 4.40 Å². The van der Waals surface area contributed by atoms with Gasteiger partial charge in [0.25, 0.3) is 0 Å². The third kappa shape index (κ3) is 2.05. The smallest absolute Gasteiger partial charge is 0.0627 e. The van der Waals surface area contributed by atoms with Gasteiger partial charge in [-0.3, -0.25) is 0 Å². The summed E-state index contributed by atoms with van der Waals surface area (Å²) in [7, 11) is 0. The second kappa shape index (κ2) is 6.06. The fourth-order valence-corrected chi connectivity index (χ4v) is 8.09. The van der Waals surface area contributed by atoms with Crippen LogP contribution in [0.3, 0.4) is 0 Å². The summed E-state index contributed by atoms with van der Waals surface area (Å²) in [6.07, 6.45) is 0. The summed E-state index contributed by atoms with van der Waals surface area (Å²) in [5.74, 6) is 0. The molecule has 0 aliphatic heterocycles. The normalized spacial score (nSPS) is 16.5. The molecule has 0 atom stereocenters. The molecule has 1 heteroatoms. The first-order chi connectivity index (χ1) is 17.9. The van der Waals surface area contributed by atoms with Crippen molar-refractivity contribution in [2.24, 2.45) is 0 Å². The minimum absolute atomic E-state index is 0.0427. The van der Waals surface area contributed by atoms with Crippen molar-refractivity contribution in [3.05, 3.63) is 113 Å². The molecule has 2 aliphatic rings. The molecule has 9 rings (SSSR count). The van der Waals surface area contributed by atoms with Crippen LogP contribution in [0.2, 0.25) is 0 Å². The minimum Gasteiger partial charge on any atom is -0.308 e. The van der Waals surface area contributed by atoms with Crippen LogP contribution in [0.5, 0.6) is 0 Å². The van der Waals surface area contributed by atoms with Gasteiger partial charge in [0.2, 0.25) is 0 Å². The average molecular weight is 474 g/mol. The van der Waals surface area contributed by atoms with E-state index in [-0.39, 0.29) is 10.8 Å². The number of fused-ring (bicyclic) bond motifs is 14. The number of benzene rings is 5. The lowest BCUT2D eigenvalue weighted by Gasteiger charge is -2.23. The van der Waals surface area contributed by atoms with Crippen molar-refractivity contribution in [1.82, 2.24) is 4.40 Å². The highest BCUT2D eigenvalue weighted by molar-refractivity contribution is 6.29. The minimum atomic E-state index is -0.0546. The molecule has 0 N–H and O–H groups in total. The van der Waals surface area contributed by atoms with Gasteiger partial charge in [-0.1, -0.05) is 100 Å². The highest BCUT2D eigenvalue weighted by Gasteiger charge is 2.41. The standard InChI is InChI=1S/C36H27N/c1-35(2)26-15-9-6-12-22(26)30-27(35)19-24-31-29(37-28-16-10-7-13-23(28)32(30)34(24)37)18-17-21-20-11-5-8-14-25(20)36(3,4)33(21)31/h5-19H,1-4H3. The second-order valence-corrected chi connectivity index (χ2v) is 12.1. The zero-order valence-electron chi connectivity index (χ0n) is 21.6. The van der Waals surface area contributed by atoms with Gasteiger partial charge in [-0.15, -0.1) is 0 Å². The van der Waals surface area contributed by atoms with Crippen molar-refractivity contribution in [2.75, 3.05) is 0 Å². The maximum Gasteiger partial charge on any atom is 0.0627 e. The average Bonchev–Trinajstić information content (AvgIpc) is 3.57. The molecule has 2 aliphatic carbocycles. The molecule has 0 amide bonds. The lowest BCUT2D eigenvalue weighted by atomic mass is 9.79. The lowest BCUT2D eigenvalue weighted by Crippen LogP contribution is -2.16. The van der Waals surface area contributed by atoms with E-state index in [1.54, 1.807) is 0 Å². The Labute approximate surface area is 216 Å². The van der Waals surface area contributed by atoms with Gasteiger partial charge in [-0.25, -0.2) is 0 Å². The lowest BCUT2D eigenvalue weighted by molar-refractivity contribution is 0.661. The maximum atomic E-state index is 2.56. The van der Waals surface area contributed by atoms with Crippen molar-refractivity contribution in [3.8, 4) is 22.3 Å². The van der Waals surface area contributed by atoms with Gasteiger partial charge >= 0.3 is 0 Å². The molecule has 0 unspecified atom stereocenters. The maximum absolute atomic E-state index is 2.56. The first kappa shape index (κ1) is 20.0. The van der Waals surface area contributed by atoms with E-state index in [0.717, 1.165) is 0 Å². The van der Waals surface area contributed by atoms with Gasteiger partial charge < -0.3 is 4.40 Å². The molecule has 2 aromatic heterocycles. The molecule has 0 fully saturated rings.